The van der Waals surface area contributed by atoms with Gasteiger partial charge in [0.15, 0.2) is 0 Å². The Balaban J connectivity index is 1.60. The zero-order valence-electron chi connectivity index (χ0n) is 13.7. The third-order valence-electron chi connectivity index (χ3n) is 4.05. The Kier molecular flexibility index (Phi) is 4.80. The number of halogens is 1. The molecule has 1 aliphatic heterocycles. The average Bonchev–Trinajstić information content (AvgIpc) is 2.86. The van der Waals surface area contributed by atoms with Crippen molar-refractivity contribution in [3.8, 4) is 0 Å². The fraction of sp³-hybridized carbons (Fsp3) is 0.375. The summed E-state index contributed by atoms with van der Waals surface area (Å²) >= 11 is 6.18. The summed E-state index contributed by atoms with van der Waals surface area (Å²) < 4.78 is 1.60. The smallest absolute Gasteiger partial charge is 0.246 e. The van der Waals surface area contributed by atoms with Crippen molar-refractivity contribution in [2.45, 2.75) is 6.92 Å². The van der Waals surface area contributed by atoms with Crippen LogP contribution in [0.1, 0.15) is 11.3 Å². The van der Waals surface area contributed by atoms with Crippen LogP contribution in [0, 0.1) is 6.92 Å². The van der Waals surface area contributed by atoms with Gasteiger partial charge in [-0.05, 0) is 13.0 Å². The molecule has 7 nitrogen and oxygen atoms in total. The van der Waals surface area contributed by atoms with Crippen LogP contribution in [0.5, 0.6) is 0 Å². The standard InChI is InChI=1S/C16H19ClN6O/c1-12-13(16(17)21(2)20-12)3-4-15(24)23-9-7-22(8-10-23)14-11-18-5-6-19-14/h3-6,11H,7-10H2,1-2H3/b4-3+. The molecule has 0 N–H and O–H groups in total. The third kappa shape index (κ3) is 3.41. The highest BCUT2D eigenvalue weighted by Gasteiger charge is 2.20. The number of anilines is 1. The molecule has 0 unspecified atom stereocenters. The van der Waals surface area contributed by atoms with Crippen molar-refractivity contribution in [1.82, 2.24) is 24.6 Å². The van der Waals surface area contributed by atoms with Crippen molar-refractivity contribution in [2.24, 2.45) is 7.05 Å². The van der Waals surface area contributed by atoms with E-state index >= 15 is 0 Å². The van der Waals surface area contributed by atoms with E-state index in [1.165, 1.54) is 0 Å². The molecular formula is C16H19ClN6O. The lowest BCUT2D eigenvalue weighted by Gasteiger charge is -2.34. The van der Waals surface area contributed by atoms with E-state index in [-0.39, 0.29) is 5.91 Å². The lowest BCUT2D eigenvalue weighted by molar-refractivity contribution is -0.126. The van der Waals surface area contributed by atoms with Crippen LogP contribution in [0.2, 0.25) is 5.15 Å². The van der Waals surface area contributed by atoms with Crippen molar-refractivity contribution in [3.63, 3.8) is 0 Å². The van der Waals surface area contributed by atoms with Crippen molar-refractivity contribution in [3.05, 3.63) is 41.1 Å². The number of hydrogen-bond donors (Lipinski definition) is 0. The first-order valence-electron chi connectivity index (χ1n) is 7.73. The summed E-state index contributed by atoms with van der Waals surface area (Å²) in [5.41, 5.74) is 1.59. The van der Waals surface area contributed by atoms with Gasteiger partial charge in [-0.1, -0.05) is 11.6 Å². The van der Waals surface area contributed by atoms with Gasteiger partial charge >= 0.3 is 0 Å². The number of aromatic nitrogens is 4. The molecule has 0 atom stereocenters. The Labute approximate surface area is 145 Å². The second-order valence-electron chi connectivity index (χ2n) is 5.62. The van der Waals surface area contributed by atoms with Crippen LogP contribution in [0.3, 0.4) is 0 Å². The Hall–Kier alpha value is -2.41. The lowest BCUT2D eigenvalue weighted by Crippen LogP contribution is -2.48. The van der Waals surface area contributed by atoms with E-state index < -0.39 is 0 Å². The summed E-state index contributed by atoms with van der Waals surface area (Å²) in [6.45, 7) is 4.66. The van der Waals surface area contributed by atoms with Crippen molar-refractivity contribution in [2.75, 3.05) is 31.1 Å². The van der Waals surface area contributed by atoms with Crippen LogP contribution in [0.25, 0.3) is 6.08 Å². The molecule has 24 heavy (non-hydrogen) atoms. The topological polar surface area (TPSA) is 67.2 Å². The SMILES string of the molecule is Cc1nn(C)c(Cl)c1/C=C/C(=O)N1CCN(c2cnccn2)CC1. The minimum Gasteiger partial charge on any atom is -0.352 e. The number of nitrogens with zero attached hydrogens (tertiary/aromatic N) is 6. The Bertz CT molecular complexity index is 749. The quantitative estimate of drug-likeness (QED) is 0.788. The molecule has 1 fully saturated rings. The molecule has 0 spiro atoms. The van der Waals surface area contributed by atoms with Gasteiger partial charge in [0.25, 0.3) is 0 Å². The van der Waals surface area contributed by atoms with E-state index in [9.17, 15) is 4.79 Å². The molecule has 0 saturated carbocycles. The van der Waals surface area contributed by atoms with E-state index in [1.54, 1.807) is 42.5 Å². The van der Waals surface area contributed by atoms with E-state index in [0.717, 1.165) is 30.2 Å². The van der Waals surface area contributed by atoms with Gasteiger partial charge in [0.05, 0.1) is 11.9 Å². The van der Waals surface area contributed by atoms with Gasteiger partial charge in [-0.2, -0.15) is 5.10 Å². The molecule has 0 aromatic carbocycles. The van der Waals surface area contributed by atoms with Crippen LogP contribution in [-0.2, 0) is 11.8 Å². The van der Waals surface area contributed by atoms with Gasteiger partial charge in [0.1, 0.15) is 11.0 Å². The van der Waals surface area contributed by atoms with Crippen LogP contribution in [-0.4, -0.2) is 56.7 Å². The highest BCUT2D eigenvalue weighted by molar-refractivity contribution is 6.31. The molecule has 126 valence electrons. The predicted octanol–water partition coefficient (Wildman–Crippen LogP) is 1.53. The molecule has 3 heterocycles. The molecule has 2 aromatic rings. The molecule has 2 aromatic heterocycles. The number of hydrogen-bond acceptors (Lipinski definition) is 5. The van der Waals surface area contributed by atoms with Crippen molar-refractivity contribution in [1.29, 1.82) is 0 Å². The van der Waals surface area contributed by atoms with E-state index in [4.69, 9.17) is 11.6 Å². The number of aryl methyl sites for hydroxylation is 2. The third-order valence-corrected chi connectivity index (χ3v) is 4.50. The monoisotopic (exact) mass is 346 g/mol. The summed E-state index contributed by atoms with van der Waals surface area (Å²) in [6, 6.07) is 0. The van der Waals surface area contributed by atoms with E-state index in [0.29, 0.717) is 18.2 Å². The zero-order valence-corrected chi connectivity index (χ0v) is 14.4. The lowest BCUT2D eigenvalue weighted by atomic mass is 10.2. The van der Waals surface area contributed by atoms with Gasteiger partial charge in [0.2, 0.25) is 5.91 Å². The second-order valence-corrected chi connectivity index (χ2v) is 5.98. The predicted molar refractivity (Wildman–Crippen MR) is 92.8 cm³/mol. The summed E-state index contributed by atoms with van der Waals surface area (Å²) in [5, 5.41) is 4.77. The summed E-state index contributed by atoms with van der Waals surface area (Å²) in [7, 11) is 1.78. The molecule has 0 bridgehead atoms. The molecule has 1 saturated heterocycles. The molecule has 1 aliphatic rings. The first-order valence-corrected chi connectivity index (χ1v) is 8.11. The van der Waals surface area contributed by atoms with Crippen LogP contribution < -0.4 is 4.90 Å². The fourth-order valence-electron chi connectivity index (χ4n) is 2.71. The minimum atomic E-state index is -0.0203. The Morgan fingerprint density at radius 2 is 2.00 bits per heavy atom. The number of amides is 1. The largest absolute Gasteiger partial charge is 0.352 e. The molecule has 0 aliphatic carbocycles. The first kappa shape index (κ1) is 16.4. The van der Waals surface area contributed by atoms with E-state index in [2.05, 4.69) is 20.0 Å². The second kappa shape index (κ2) is 7.00. The Morgan fingerprint density at radius 3 is 2.58 bits per heavy atom. The molecule has 0 radical (unpaired) electrons. The maximum absolute atomic E-state index is 12.4. The van der Waals surface area contributed by atoms with Crippen molar-refractivity contribution >= 4 is 29.4 Å². The fourth-order valence-corrected chi connectivity index (χ4v) is 2.94. The van der Waals surface area contributed by atoms with Crippen LogP contribution in [0.15, 0.2) is 24.7 Å². The number of carbonyl (C=O) groups excluding carboxylic acids is 1. The van der Waals surface area contributed by atoms with Gasteiger partial charge in [0, 0.05) is 57.3 Å². The number of carbonyl (C=O) groups is 1. The van der Waals surface area contributed by atoms with E-state index in [1.807, 2.05) is 11.8 Å². The van der Waals surface area contributed by atoms with Crippen LogP contribution in [0.4, 0.5) is 5.82 Å². The number of piperazine rings is 1. The summed E-state index contributed by atoms with van der Waals surface area (Å²) in [4.78, 5) is 24.7. The highest BCUT2D eigenvalue weighted by Crippen LogP contribution is 2.20. The van der Waals surface area contributed by atoms with Crippen LogP contribution >= 0.6 is 11.6 Å². The summed E-state index contributed by atoms with van der Waals surface area (Å²) in [5.74, 6) is 0.825. The van der Waals surface area contributed by atoms with Gasteiger partial charge < -0.3 is 9.80 Å². The first-order chi connectivity index (χ1) is 11.6. The maximum Gasteiger partial charge on any atom is 0.246 e. The normalized spacial score (nSPS) is 15.3. The molecular weight excluding hydrogens is 328 g/mol. The molecule has 3 rings (SSSR count). The summed E-state index contributed by atoms with van der Waals surface area (Å²) in [6.07, 6.45) is 8.37. The van der Waals surface area contributed by atoms with Gasteiger partial charge in [-0.15, -0.1) is 0 Å². The molecule has 1 amide bonds. The van der Waals surface area contributed by atoms with Gasteiger partial charge in [-0.25, -0.2) is 4.98 Å². The Morgan fingerprint density at radius 1 is 1.25 bits per heavy atom. The van der Waals surface area contributed by atoms with Crippen molar-refractivity contribution < 1.29 is 4.79 Å². The highest BCUT2D eigenvalue weighted by atomic mass is 35.5. The van der Waals surface area contributed by atoms with Gasteiger partial charge in [-0.3, -0.25) is 14.5 Å². The maximum atomic E-state index is 12.4. The minimum absolute atomic E-state index is 0.0203. The zero-order chi connectivity index (χ0) is 17.1. The molecule has 8 heteroatoms. The number of rotatable bonds is 3. The average molecular weight is 347 g/mol.